The van der Waals surface area contributed by atoms with Crippen LogP contribution in [0.15, 0.2) is 36.5 Å². The Labute approximate surface area is 125 Å². The van der Waals surface area contributed by atoms with Crippen molar-refractivity contribution in [2.75, 3.05) is 5.32 Å². The fourth-order valence-corrected chi connectivity index (χ4v) is 2.16. The van der Waals surface area contributed by atoms with Gasteiger partial charge in [0.2, 0.25) is 5.28 Å². The molecule has 1 aromatic carbocycles. The van der Waals surface area contributed by atoms with E-state index < -0.39 is 0 Å². The summed E-state index contributed by atoms with van der Waals surface area (Å²) in [6, 6.07) is 10.5. The number of hydrogen-bond donors (Lipinski definition) is 1. The predicted octanol–water partition coefficient (Wildman–Crippen LogP) is 4.26. The maximum atomic E-state index is 5.86. The second-order valence-corrected chi connectivity index (χ2v) is 6.00. The molecule has 0 saturated heterocycles. The summed E-state index contributed by atoms with van der Waals surface area (Å²) in [6.45, 7) is 6.32. The Morgan fingerprint density at radius 2 is 1.90 bits per heavy atom. The summed E-state index contributed by atoms with van der Waals surface area (Å²) in [4.78, 5) is 8.23. The van der Waals surface area contributed by atoms with Crippen LogP contribution in [0.4, 0.5) is 5.82 Å². The number of anilines is 1. The molecular weight excluding hydrogens is 270 g/mol. The van der Waals surface area contributed by atoms with Crippen LogP contribution in [0.5, 0.6) is 0 Å². The third-order valence-corrected chi connectivity index (χ3v) is 3.46. The average molecular weight is 290 g/mol. The van der Waals surface area contributed by atoms with Crippen molar-refractivity contribution >= 4 is 17.4 Å². The third-order valence-electron chi connectivity index (χ3n) is 3.28. The zero-order valence-corrected chi connectivity index (χ0v) is 12.9. The molecule has 0 amide bonds. The Kier molecular flexibility index (Phi) is 4.61. The average Bonchev–Trinajstić information content (AvgIpc) is 2.42. The molecule has 106 valence electrons. The molecule has 4 heteroatoms. The molecule has 1 heterocycles. The summed E-state index contributed by atoms with van der Waals surface area (Å²) in [6.07, 6.45) is 3.78. The van der Waals surface area contributed by atoms with Gasteiger partial charge in [0, 0.05) is 17.3 Å². The summed E-state index contributed by atoms with van der Waals surface area (Å²) in [5.41, 5.74) is 2.29. The van der Waals surface area contributed by atoms with Crippen LogP contribution < -0.4 is 5.32 Å². The van der Waals surface area contributed by atoms with Crippen molar-refractivity contribution in [2.45, 2.75) is 39.2 Å². The SMILES string of the molecule is Cc1cnc(Cl)nc1NC(C)(C)CCc1ccccc1. The Bertz CT molecular complexity index is 567. The zero-order chi connectivity index (χ0) is 14.6. The van der Waals surface area contributed by atoms with Crippen molar-refractivity contribution in [3.63, 3.8) is 0 Å². The van der Waals surface area contributed by atoms with Crippen LogP contribution in [0.25, 0.3) is 0 Å². The van der Waals surface area contributed by atoms with E-state index in [1.807, 2.05) is 13.0 Å². The molecular formula is C16H20ClN3. The summed E-state index contributed by atoms with van der Waals surface area (Å²) in [7, 11) is 0. The van der Waals surface area contributed by atoms with Gasteiger partial charge in [0.1, 0.15) is 5.82 Å². The van der Waals surface area contributed by atoms with Gasteiger partial charge >= 0.3 is 0 Å². The molecule has 0 aliphatic carbocycles. The van der Waals surface area contributed by atoms with Gasteiger partial charge in [0.25, 0.3) is 0 Å². The van der Waals surface area contributed by atoms with Crippen molar-refractivity contribution < 1.29 is 0 Å². The number of rotatable bonds is 5. The fraction of sp³-hybridized carbons (Fsp3) is 0.375. The standard InChI is InChI=1S/C16H20ClN3/c1-12-11-18-15(17)19-14(12)20-16(2,3)10-9-13-7-5-4-6-8-13/h4-8,11H,9-10H2,1-3H3,(H,18,19,20). The summed E-state index contributed by atoms with van der Waals surface area (Å²) in [5, 5.41) is 3.74. The van der Waals surface area contributed by atoms with Crippen LogP contribution in [0.3, 0.4) is 0 Å². The van der Waals surface area contributed by atoms with Crippen LogP contribution in [0.1, 0.15) is 31.4 Å². The molecule has 0 fully saturated rings. The highest BCUT2D eigenvalue weighted by atomic mass is 35.5. The van der Waals surface area contributed by atoms with Crippen molar-refractivity contribution in [3.05, 3.63) is 52.9 Å². The first-order valence-electron chi connectivity index (χ1n) is 6.77. The molecule has 3 nitrogen and oxygen atoms in total. The maximum absolute atomic E-state index is 5.86. The van der Waals surface area contributed by atoms with E-state index >= 15 is 0 Å². The monoisotopic (exact) mass is 289 g/mol. The van der Waals surface area contributed by atoms with E-state index in [0.29, 0.717) is 0 Å². The second-order valence-electron chi connectivity index (χ2n) is 5.67. The maximum Gasteiger partial charge on any atom is 0.224 e. The smallest absolute Gasteiger partial charge is 0.224 e. The number of halogens is 1. The lowest BCUT2D eigenvalue weighted by Crippen LogP contribution is -2.32. The Balaban J connectivity index is 2.01. The molecule has 0 aliphatic heterocycles. The molecule has 0 saturated carbocycles. The van der Waals surface area contributed by atoms with Gasteiger partial charge in [-0.1, -0.05) is 30.3 Å². The highest BCUT2D eigenvalue weighted by Crippen LogP contribution is 2.22. The molecule has 0 radical (unpaired) electrons. The first-order valence-corrected chi connectivity index (χ1v) is 7.15. The van der Waals surface area contributed by atoms with Crippen molar-refractivity contribution in [2.24, 2.45) is 0 Å². The van der Waals surface area contributed by atoms with Gasteiger partial charge < -0.3 is 5.32 Å². The van der Waals surface area contributed by atoms with Crippen LogP contribution in [-0.2, 0) is 6.42 Å². The third kappa shape index (κ3) is 4.20. The largest absolute Gasteiger partial charge is 0.365 e. The molecule has 2 rings (SSSR count). The van der Waals surface area contributed by atoms with Gasteiger partial charge in [-0.15, -0.1) is 0 Å². The Morgan fingerprint density at radius 1 is 1.20 bits per heavy atom. The topological polar surface area (TPSA) is 37.8 Å². The molecule has 0 aliphatic rings. The lowest BCUT2D eigenvalue weighted by atomic mass is 9.95. The highest BCUT2D eigenvalue weighted by molar-refractivity contribution is 6.28. The second kappa shape index (κ2) is 6.23. The first kappa shape index (κ1) is 14.8. The minimum atomic E-state index is -0.0573. The Hall–Kier alpha value is -1.61. The van der Waals surface area contributed by atoms with Gasteiger partial charge in [-0.25, -0.2) is 9.97 Å². The van der Waals surface area contributed by atoms with Crippen molar-refractivity contribution in [1.29, 1.82) is 0 Å². The van der Waals surface area contributed by atoms with Gasteiger partial charge in [-0.3, -0.25) is 0 Å². The lowest BCUT2D eigenvalue weighted by Gasteiger charge is -2.27. The minimum absolute atomic E-state index is 0.0573. The molecule has 0 spiro atoms. The summed E-state index contributed by atoms with van der Waals surface area (Å²) >= 11 is 5.86. The summed E-state index contributed by atoms with van der Waals surface area (Å²) in [5.74, 6) is 0.808. The van der Waals surface area contributed by atoms with E-state index in [1.54, 1.807) is 6.20 Å². The fourth-order valence-electron chi connectivity index (χ4n) is 2.03. The van der Waals surface area contributed by atoms with Crippen LogP contribution in [-0.4, -0.2) is 15.5 Å². The van der Waals surface area contributed by atoms with E-state index in [4.69, 9.17) is 11.6 Å². The molecule has 2 aromatic rings. The van der Waals surface area contributed by atoms with E-state index in [-0.39, 0.29) is 10.8 Å². The zero-order valence-electron chi connectivity index (χ0n) is 12.2. The molecule has 1 N–H and O–H groups in total. The number of aromatic nitrogens is 2. The lowest BCUT2D eigenvalue weighted by molar-refractivity contribution is 0.516. The van der Waals surface area contributed by atoms with E-state index in [1.165, 1.54) is 5.56 Å². The number of hydrogen-bond acceptors (Lipinski definition) is 3. The molecule has 0 atom stereocenters. The number of nitrogens with one attached hydrogen (secondary N) is 1. The van der Waals surface area contributed by atoms with Gasteiger partial charge in [-0.05, 0) is 50.8 Å². The number of nitrogens with zero attached hydrogens (tertiary/aromatic N) is 2. The van der Waals surface area contributed by atoms with Gasteiger partial charge in [-0.2, -0.15) is 0 Å². The molecule has 20 heavy (non-hydrogen) atoms. The van der Waals surface area contributed by atoms with Crippen molar-refractivity contribution in [3.8, 4) is 0 Å². The highest BCUT2D eigenvalue weighted by Gasteiger charge is 2.19. The van der Waals surface area contributed by atoms with Crippen molar-refractivity contribution in [1.82, 2.24) is 9.97 Å². The number of benzene rings is 1. The normalized spacial score (nSPS) is 11.4. The first-order chi connectivity index (χ1) is 9.46. The Morgan fingerprint density at radius 3 is 2.60 bits per heavy atom. The quantitative estimate of drug-likeness (QED) is 0.836. The summed E-state index contributed by atoms with van der Waals surface area (Å²) < 4.78 is 0. The van der Waals surface area contributed by atoms with Gasteiger partial charge in [0.15, 0.2) is 0 Å². The molecule has 0 unspecified atom stereocenters. The predicted molar refractivity (Wildman–Crippen MR) is 84.2 cm³/mol. The minimum Gasteiger partial charge on any atom is -0.365 e. The van der Waals surface area contributed by atoms with Crippen LogP contribution in [0, 0.1) is 6.92 Å². The van der Waals surface area contributed by atoms with E-state index in [9.17, 15) is 0 Å². The van der Waals surface area contributed by atoms with E-state index in [2.05, 4.69) is 53.4 Å². The molecule has 1 aromatic heterocycles. The van der Waals surface area contributed by atoms with Gasteiger partial charge in [0.05, 0.1) is 0 Å². The van der Waals surface area contributed by atoms with E-state index in [0.717, 1.165) is 24.2 Å². The van der Waals surface area contributed by atoms with Crippen LogP contribution in [0.2, 0.25) is 5.28 Å². The van der Waals surface area contributed by atoms with Crippen LogP contribution >= 0.6 is 11.6 Å². The number of aryl methyl sites for hydroxylation is 2. The molecule has 0 bridgehead atoms.